The lowest BCUT2D eigenvalue weighted by Gasteiger charge is -2.18. The molecule has 1 aromatic carbocycles. The van der Waals surface area contributed by atoms with Gasteiger partial charge >= 0.3 is 0 Å². The van der Waals surface area contributed by atoms with Gasteiger partial charge in [0.2, 0.25) is 0 Å². The molecule has 4 nitrogen and oxygen atoms in total. The van der Waals surface area contributed by atoms with Crippen LogP contribution in [0.4, 0.5) is 5.69 Å². The van der Waals surface area contributed by atoms with Crippen molar-refractivity contribution in [2.24, 2.45) is 9.98 Å². The summed E-state index contributed by atoms with van der Waals surface area (Å²) < 4.78 is 5.07. The fourth-order valence-electron chi connectivity index (χ4n) is 1.24. The molecule has 1 aliphatic rings. The Labute approximate surface area is 82.5 Å². The molecule has 1 aromatic rings. The number of methoxy groups -OCH3 is 1. The Kier molecular flexibility index (Phi) is 2.44. The van der Waals surface area contributed by atoms with E-state index in [4.69, 9.17) is 4.74 Å². The molecule has 0 aliphatic carbocycles. The van der Waals surface area contributed by atoms with Crippen LogP contribution in [0.25, 0.3) is 0 Å². The molecule has 0 saturated heterocycles. The van der Waals surface area contributed by atoms with E-state index in [1.54, 1.807) is 19.8 Å². The lowest BCUT2D eigenvalue weighted by Crippen LogP contribution is -2.23. The number of hydrogen-bond acceptors (Lipinski definition) is 4. The van der Waals surface area contributed by atoms with Gasteiger partial charge in [-0.05, 0) is 24.3 Å². The molecule has 72 valence electrons. The number of benzene rings is 1. The van der Waals surface area contributed by atoms with Crippen LogP contribution in [-0.2, 0) is 0 Å². The van der Waals surface area contributed by atoms with Gasteiger partial charge in [-0.1, -0.05) is 0 Å². The van der Waals surface area contributed by atoms with Crippen molar-refractivity contribution in [3.05, 3.63) is 24.3 Å². The van der Waals surface area contributed by atoms with Gasteiger partial charge in [-0.25, -0.2) is 4.99 Å². The molecule has 0 unspecified atom stereocenters. The molecule has 0 spiro atoms. The minimum Gasteiger partial charge on any atom is -0.497 e. The summed E-state index contributed by atoms with van der Waals surface area (Å²) in [5.41, 5.74) is 1.06. The predicted octanol–water partition coefficient (Wildman–Crippen LogP) is 1.53. The second kappa shape index (κ2) is 3.91. The zero-order valence-electron chi connectivity index (χ0n) is 7.92. The zero-order chi connectivity index (χ0) is 9.80. The maximum absolute atomic E-state index is 5.07. The number of rotatable bonds is 2. The van der Waals surface area contributed by atoms with Crippen LogP contribution in [0.1, 0.15) is 0 Å². The summed E-state index contributed by atoms with van der Waals surface area (Å²) >= 11 is 0. The Morgan fingerprint density at radius 1 is 1.29 bits per heavy atom. The third kappa shape index (κ3) is 1.74. The Morgan fingerprint density at radius 3 is 2.64 bits per heavy atom. The molecule has 0 N–H and O–H groups in total. The summed E-state index contributed by atoms with van der Waals surface area (Å²) in [7, 11) is 1.65. The van der Waals surface area contributed by atoms with E-state index < -0.39 is 0 Å². The molecule has 0 fully saturated rings. The second-order valence-electron chi connectivity index (χ2n) is 2.87. The quantitative estimate of drug-likeness (QED) is 0.707. The molecule has 1 aliphatic heterocycles. The highest BCUT2D eigenvalue weighted by molar-refractivity contribution is 5.86. The third-order valence-corrected chi connectivity index (χ3v) is 1.99. The average Bonchev–Trinajstić information content (AvgIpc) is 2.30. The van der Waals surface area contributed by atoms with Crippen molar-refractivity contribution < 1.29 is 4.74 Å². The van der Waals surface area contributed by atoms with Crippen molar-refractivity contribution in [2.75, 3.05) is 18.7 Å². The first-order valence-corrected chi connectivity index (χ1v) is 4.32. The molecule has 14 heavy (non-hydrogen) atoms. The SMILES string of the molecule is COc1ccc(N2C=NC=NC2)cc1. The first-order valence-electron chi connectivity index (χ1n) is 4.32. The van der Waals surface area contributed by atoms with Crippen molar-refractivity contribution in [3.8, 4) is 5.75 Å². The molecule has 4 heteroatoms. The molecule has 0 saturated carbocycles. The van der Waals surface area contributed by atoms with E-state index in [2.05, 4.69) is 9.98 Å². The van der Waals surface area contributed by atoms with Crippen molar-refractivity contribution >= 4 is 18.4 Å². The molecular formula is C10H11N3O. The van der Waals surface area contributed by atoms with Gasteiger partial charge in [-0.2, -0.15) is 0 Å². The van der Waals surface area contributed by atoms with Crippen molar-refractivity contribution in [3.63, 3.8) is 0 Å². The predicted molar refractivity (Wildman–Crippen MR) is 57.3 cm³/mol. The van der Waals surface area contributed by atoms with Gasteiger partial charge in [0.25, 0.3) is 0 Å². The lowest BCUT2D eigenvalue weighted by molar-refractivity contribution is 0.415. The minimum absolute atomic E-state index is 0.621. The number of aliphatic imine (C=N–C) groups is 2. The number of nitrogens with zero attached hydrogens (tertiary/aromatic N) is 3. The van der Waals surface area contributed by atoms with Crippen LogP contribution in [0, 0.1) is 0 Å². The van der Waals surface area contributed by atoms with E-state index in [9.17, 15) is 0 Å². The van der Waals surface area contributed by atoms with Gasteiger partial charge in [0.15, 0.2) is 0 Å². The van der Waals surface area contributed by atoms with Crippen molar-refractivity contribution in [1.29, 1.82) is 0 Å². The van der Waals surface area contributed by atoms with E-state index in [0.717, 1.165) is 11.4 Å². The van der Waals surface area contributed by atoms with Gasteiger partial charge in [0.1, 0.15) is 18.8 Å². The second-order valence-corrected chi connectivity index (χ2v) is 2.87. The summed E-state index contributed by atoms with van der Waals surface area (Å²) in [6, 6.07) is 7.79. The smallest absolute Gasteiger partial charge is 0.119 e. The maximum Gasteiger partial charge on any atom is 0.119 e. The molecule has 0 radical (unpaired) electrons. The minimum atomic E-state index is 0.621. The highest BCUT2D eigenvalue weighted by atomic mass is 16.5. The number of ether oxygens (including phenoxy) is 1. The molecular weight excluding hydrogens is 178 g/mol. The first kappa shape index (κ1) is 8.74. The van der Waals surface area contributed by atoms with Crippen LogP contribution in [0.15, 0.2) is 34.3 Å². The van der Waals surface area contributed by atoms with E-state index in [1.807, 2.05) is 29.2 Å². The van der Waals surface area contributed by atoms with Crippen LogP contribution in [0.3, 0.4) is 0 Å². The fraction of sp³-hybridized carbons (Fsp3) is 0.200. The van der Waals surface area contributed by atoms with Gasteiger partial charge < -0.3 is 9.64 Å². The molecule has 0 bridgehead atoms. The van der Waals surface area contributed by atoms with Crippen LogP contribution in [-0.4, -0.2) is 26.5 Å². The van der Waals surface area contributed by atoms with Gasteiger partial charge in [0.05, 0.1) is 13.4 Å². The highest BCUT2D eigenvalue weighted by Crippen LogP contribution is 2.18. The van der Waals surface area contributed by atoms with E-state index >= 15 is 0 Å². The standard InChI is InChI=1S/C10H11N3O/c1-14-10-4-2-9(3-5-10)13-7-11-6-12-8-13/h2-7H,8H2,1H3. The fourth-order valence-corrected chi connectivity index (χ4v) is 1.24. The largest absolute Gasteiger partial charge is 0.497 e. The van der Waals surface area contributed by atoms with E-state index in [-0.39, 0.29) is 0 Å². The Morgan fingerprint density at radius 2 is 2.07 bits per heavy atom. The van der Waals surface area contributed by atoms with Crippen LogP contribution >= 0.6 is 0 Å². The van der Waals surface area contributed by atoms with Crippen molar-refractivity contribution in [1.82, 2.24) is 0 Å². The summed E-state index contributed by atoms with van der Waals surface area (Å²) in [4.78, 5) is 9.96. The van der Waals surface area contributed by atoms with Gasteiger partial charge in [0, 0.05) is 5.69 Å². The summed E-state index contributed by atoms with van der Waals surface area (Å²) in [6.45, 7) is 0.621. The Bertz CT molecular complexity index is 356. The van der Waals surface area contributed by atoms with Crippen LogP contribution in [0.2, 0.25) is 0 Å². The zero-order valence-corrected chi connectivity index (χ0v) is 7.92. The lowest BCUT2D eigenvalue weighted by atomic mass is 10.3. The maximum atomic E-state index is 5.07. The molecule has 0 aromatic heterocycles. The van der Waals surface area contributed by atoms with Gasteiger partial charge in [-0.15, -0.1) is 0 Å². The van der Waals surface area contributed by atoms with E-state index in [0.29, 0.717) is 6.67 Å². The molecule has 0 atom stereocenters. The van der Waals surface area contributed by atoms with Crippen LogP contribution in [0.5, 0.6) is 5.75 Å². The number of hydrogen-bond donors (Lipinski definition) is 0. The summed E-state index contributed by atoms with van der Waals surface area (Å²) in [6.07, 6.45) is 3.31. The normalized spacial score (nSPS) is 14.5. The Hall–Kier alpha value is -1.84. The topological polar surface area (TPSA) is 37.2 Å². The van der Waals surface area contributed by atoms with Crippen LogP contribution < -0.4 is 9.64 Å². The first-order chi connectivity index (χ1) is 6.90. The van der Waals surface area contributed by atoms with E-state index in [1.165, 1.54) is 0 Å². The Balaban J connectivity index is 2.16. The average molecular weight is 189 g/mol. The van der Waals surface area contributed by atoms with Gasteiger partial charge in [-0.3, -0.25) is 4.99 Å². The molecule has 1 heterocycles. The van der Waals surface area contributed by atoms with Crippen molar-refractivity contribution in [2.45, 2.75) is 0 Å². The number of anilines is 1. The molecule has 0 amide bonds. The highest BCUT2D eigenvalue weighted by Gasteiger charge is 2.04. The summed E-state index contributed by atoms with van der Waals surface area (Å²) in [5, 5.41) is 0. The summed E-state index contributed by atoms with van der Waals surface area (Å²) in [5.74, 6) is 0.853. The third-order valence-electron chi connectivity index (χ3n) is 1.99. The monoisotopic (exact) mass is 189 g/mol. The molecule has 2 rings (SSSR count).